The quantitative estimate of drug-likeness (QED) is 0.828. The maximum absolute atomic E-state index is 5.26. The summed E-state index contributed by atoms with van der Waals surface area (Å²) >= 11 is 0. The fourth-order valence-corrected chi connectivity index (χ4v) is 2.88. The van der Waals surface area contributed by atoms with Crippen LogP contribution in [0, 0.1) is 0 Å². The molecule has 0 aromatic heterocycles. The minimum Gasteiger partial charge on any atom is -0.497 e. The lowest BCUT2D eigenvalue weighted by Crippen LogP contribution is -2.42. The van der Waals surface area contributed by atoms with E-state index in [4.69, 9.17) is 4.74 Å². The van der Waals surface area contributed by atoms with Crippen LogP contribution in [0.4, 0.5) is 0 Å². The SMILES string of the molecule is COc1cccc(CCNC(C)CN2CCCCC2)c1. The van der Waals surface area contributed by atoms with Crippen LogP contribution in [0.5, 0.6) is 5.75 Å². The van der Waals surface area contributed by atoms with Gasteiger partial charge in [-0.05, 0) is 63.5 Å². The number of likely N-dealkylation sites (tertiary alicyclic amines) is 1. The first-order valence-corrected chi connectivity index (χ1v) is 7.86. The van der Waals surface area contributed by atoms with Crippen LogP contribution in [0.15, 0.2) is 24.3 Å². The summed E-state index contributed by atoms with van der Waals surface area (Å²) in [7, 11) is 1.72. The van der Waals surface area contributed by atoms with E-state index in [1.807, 2.05) is 6.07 Å². The van der Waals surface area contributed by atoms with Gasteiger partial charge in [0.1, 0.15) is 5.75 Å². The number of rotatable bonds is 7. The van der Waals surface area contributed by atoms with Crippen molar-refractivity contribution in [2.75, 3.05) is 33.3 Å². The van der Waals surface area contributed by atoms with E-state index in [0.29, 0.717) is 6.04 Å². The minimum atomic E-state index is 0.568. The van der Waals surface area contributed by atoms with Crippen molar-refractivity contribution in [3.63, 3.8) is 0 Å². The minimum absolute atomic E-state index is 0.568. The molecule has 0 aliphatic carbocycles. The van der Waals surface area contributed by atoms with Crippen molar-refractivity contribution in [2.45, 2.75) is 38.6 Å². The molecular formula is C17H28N2O. The van der Waals surface area contributed by atoms with E-state index in [-0.39, 0.29) is 0 Å². The van der Waals surface area contributed by atoms with Gasteiger partial charge in [-0.25, -0.2) is 0 Å². The highest BCUT2D eigenvalue weighted by atomic mass is 16.5. The molecule has 20 heavy (non-hydrogen) atoms. The van der Waals surface area contributed by atoms with Gasteiger partial charge in [-0.2, -0.15) is 0 Å². The number of ether oxygens (including phenoxy) is 1. The van der Waals surface area contributed by atoms with E-state index < -0.39 is 0 Å². The van der Waals surface area contributed by atoms with Crippen LogP contribution < -0.4 is 10.1 Å². The third kappa shape index (κ3) is 5.14. The normalized spacial score (nSPS) is 17.9. The highest BCUT2D eigenvalue weighted by Crippen LogP contribution is 2.13. The van der Waals surface area contributed by atoms with E-state index in [1.165, 1.54) is 44.5 Å². The average Bonchev–Trinajstić information content (AvgIpc) is 2.48. The molecule has 1 aliphatic rings. The molecule has 2 rings (SSSR count). The zero-order valence-corrected chi connectivity index (χ0v) is 12.9. The maximum Gasteiger partial charge on any atom is 0.119 e. The molecule has 0 radical (unpaired) electrons. The molecule has 112 valence electrons. The molecule has 1 saturated heterocycles. The van der Waals surface area contributed by atoms with Gasteiger partial charge in [-0.1, -0.05) is 18.6 Å². The van der Waals surface area contributed by atoms with E-state index >= 15 is 0 Å². The highest BCUT2D eigenvalue weighted by Gasteiger charge is 2.12. The number of nitrogens with zero attached hydrogens (tertiary/aromatic N) is 1. The Morgan fingerprint density at radius 1 is 1.25 bits per heavy atom. The molecule has 1 atom stereocenters. The van der Waals surface area contributed by atoms with Crippen LogP contribution in [-0.2, 0) is 6.42 Å². The van der Waals surface area contributed by atoms with E-state index in [1.54, 1.807) is 7.11 Å². The molecule has 0 spiro atoms. The molecule has 1 fully saturated rings. The molecule has 3 heteroatoms. The third-order valence-electron chi connectivity index (χ3n) is 4.02. The van der Waals surface area contributed by atoms with Crippen molar-refractivity contribution in [2.24, 2.45) is 0 Å². The predicted molar refractivity (Wildman–Crippen MR) is 84.5 cm³/mol. The van der Waals surface area contributed by atoms with Gasteiger partial charge in [-0.3, -0.25) is 0 Å². The summed E-state index contributed by atoms with van der Waals surface area (Å²) in [6.07, 6.45) is 5.21. The smallest absolute Gasteiger partial charge is 0.119 e. The first-order chi connectivity index (χ1) is 9.78. The topological polar surface area (TPSA) is 24.5 Å². The molecule has 3 nitrogen and oxygen atoms in total. The average molecular weight is 276 g/mol. The zero-order valence-electron chi connectivity index (χ0n) is 12.9. The van der Waals surface area contributed by atoms with E-state index in [9.17, 15) is 0 Å². The van der Waals surface area contributed by atoms with Crippen LogP contribution in [0.2, 0.25) is 0 Å². The maximum atomic E-state index is 5.26. The number of piperidine rings is 1. The summed E-state index contributed by atoms with van der Waals surface area (Å²) in [5.74, 6) is 0.948. The number of methoxy groups -OCH3 is 1. The highest BCUT2D eigenvalue weighted by molar-refractivity contribution is 5.28. The molecule has 1 aliphatic heterocycles. The molecule has 0 bridgehead atoms. The first kappa shape index (κ1) is 15.3. The first-order valence-electron chi connectivity index (χ1n) is 7.86. The van der Waals surface area contributed by atoms with Crippen LogP contribution in [-0.4, -0.2) is 44.2 Å². The Morgan fingerprint density at radius 3 is 2.80 bits per heavy atom. The summed E-state index contributed by atoms with van der Waals surface area (Å²) in [4.78, 5) is 2.59. The second-order valence-corrected chi connectivity index (χ2v) is 5.82. The van der Waals surface area contributed by atoms with Gasteiger partial charge >= 0.3 is 0 Å². The number of hydrogen-bond acceptors (Lipinski definition) is 3. The number of hydrogen-bond donors (Lipinski definition) is 1. The van der Waals surface area contributed by atoms with Crippen molar-refractivity contribution in [3.05, 3.63) is 29.8 Å². The molecule has 1 aromatic carbocycles. The van der Waals surface area contributed by atoms with Crippen molar-refractivity contribution in [1.82, 2.24) is 10.2 Å². The lowest BCUT2D eigenvalue weighted by Gasteiger charge is -2.29. The Balaban J connectivity index is 1.66. The van der Waals surface area contributed by atoms with Crippen molar-refractivity contribution >= 4 is 0 Å². The van der Waals surface area contributed by atoms with Gasteiger partial charge in [0.15, 0.2) is 0 Å². The van der Waals surface area contributed by atoms with E-state index in [2.05, 4.69) is 35.3 Å². The second-order valence-electron chi connectivity index (χ2n) is 5.82. The lowest BCUT2D eigenvalue weighted by molar-refractivity contribution is 0.209. The van der Waals surface area contributed by atoms with Gasteiger partial charge < -0.3 is 15.0 Å². The summed E-state index contributed by atoms with van der Waals surface area (Å²) in [5, 5.41) is 3.63. The fraction of sp³-hybridized carbons (Fsp3) is 0.647. The van der Waals surface area contributed by atoms with Crippen LogP contribution >= 0.6 is 0 Å². The van der Waals surface area contributed by atoms with Crippen LogP contribution in [0.25, 0.3) is 0 Å². The van der Waals surface area contributed by atoms with Gasteiger partial charge in [0.05, 0.1) is 7.11 Å². The fourth-order valence-electron chi connectivity index (χ4n) is 2.88. The largest absolute Gasteiger partial charge is 0.497 e. The van der Waals surface area contributed by atoms with Crippen LogP contribution in [0.3, 0.4) is 0 Å². The molecule has 1 aromatic rings. The predicted octanol–water partition coefficient (Wildman–Crippen LogP) is 2.70. The molecule has 0 saturated carbocycles. The zero-order chi connectivity index (χ0) is 14.2. The van der Waals surface area contributed by atoms with Gasteiger partial charge in [0, 0.05) is 12.6 Å². The molecule has 1 N–H and O–H groups in total. The number of benzene rings is 1. The molecule has 0 amide bonds. The Hall–Kier alpha value is -1.06. The summed E-state index contributed by atoms with van der Waals surface area (Å²) in [6, 6.07) is 8.91. The Bertz CT molecular complexity index is 388. The number of nitrogens with one attached hydrogen (secondary N) is 1. The Kier molecular flexibility index (Phi) is 6.34. The van der Waals surface area contributed by atoms with Gasteiger partial charge in [0.2, 0.25) is 0 Å². The summed E-state index contributed by atoms with van der Waals surface area (Å²) in [6.45, 7) is 7.06. The van der Waals surface area contributed by atoms with Gasteiger partial charge in [0.25, 0.3) is 0 Å². The standard InChI is InChI=1S/C17H28N2O/c1-15(14-19-11-4-3-5-12-19)18-10-9-16-7-6-8-17(13-16)20-2/h6-8,13,15,18H,3-5,9-12,14H2,1-2H3. The summed E-state index contributed by atoms with van der Waals surface area (Å²) in [5.41, 5.74) is 1.34. The van der Waals surface area contributed by atoms with Crippen molar-refractivity contribution in [3.8, 4) is 5.75 Å². The molecular weight excluding hydrogens is 248 g/mol. The van der Waals surface area contributed by atoms with Crippen molar-refractivity contribution < 1.29 is 4.74 Å². The molecule has 1 heterocycles. The third-order valence-corrected chi connectivity index (χ3v) is 4.02. The Morgan fingerprint density at radius 2 is 2.05 bits per heavy atom. The Labute approximate surface area is 123 Å². The van der Waals surface area contributed by atoms with Crippen molar-refractivity contribution in [1.29, 1.82) is 0 Å². The second kappa shape index (κ2) is 8.28. The van der Waals surface area contributed by atoms with Crippen LogP contribution in [0.1, 0.15) is 31.7 Å². The monoisotopic (exact) mass is 276 g/mol. The molecule has 1 unspecified atom stereocenters. The summed E-state index contributed by atoms with van der Waals surface area (Å²) < 4.78 is 5.26. The van der Waals surface area contributed by atoms with E-state index in [0.717, 1.165) is 18.7 Å². The van der Waals surface area contributed by atoms with Gasteiger partial charge in [-0.15, -0.1) is 0 Å². The lowest BCUT2D eigenvalue weighted by atomic mass is 10.1.